The van der Waals surface area contributed by atoms with Gasteiger partial charge in [0.05, 0.1) is 0 Å². The molecule has 1 unspecified atom stereocenters. The summed E-state index contributed by atoms with van der Waals surface area (Å²) in [6, 6.07) is 0. The smallest absolute Gasteiger partial charge is 0.242 e. The molecule has 0 spiro atoms. The predicted octanol–water partition coefficient (Wildman–Crippen LogP) is 0.980. The molecule has 1 heterocycles. The van der Waals surface area contributed by atoms with Gasteiger partial charge in [-0.2, -0.15) is 0 Å². The highest BCUT2D eigenvalue weighted by Crippen LogP contribution is 2.30. The summed E-state index contributed by atoms with van der Waals surface area (Å²) in [7, 11) is 0. The molecule has 0 aromatic carbocycles. The molecular weight excluding hydrogens is 180 g/mol. The molecule has 1 atom stereocenters. The minimum atomic E-state index is -0.106. The molecular formula is C10H18N2O2. The second kappa shape index (κ2) is 3.98. The number of carbonyl (C=O) groups excluding carboxylic acids is 2. The lowest BCUT2D eigenvalue weighted by Crippen LogP contribution is -2.48. The van der Waals surface area contributed by atoms with E-state index in [1.165, 1.54) is 0 Å². The van der Waals surface area contributed by atoms with Crippen molar-refractivity contribution in [3.63, 3.8) is 0 Å². The summed E-state index contributed by atoms with van der Waals surface area (Å²) in [5.41, 5.74) is 4.80. The van der Waals surface area contributed by atoms with Gasteiger partial charge >= 0.3 is 0 Å². The molecule has 1 aliphatic rings. The second-order valence-electron chi connectivity index (χ2n) is 4.85. The quantitative estimate of drug-likeness (QED) is 0.609. The van der Waals surface area contributed by atoms with Gasteiger partial charge in [0, 0.05) is 12.3 Å². The SMILES string of the molecule is CC(C)(C)C1CCCC(=O)NNC1=O. The van der Waals surface area contributed by atoms with Gasteiger partial charge in [-0.1, -0.05) is 20.8 Å². The Morgan fingerprint density at radius 3 is 2.43 bits per heavy atom. The summed E-state index contributed by atoms with van der Waals surface area (Å²) < 4.78 is 0. The van der Waals surface area contributed by atoms with Crippen LogP contribution in [0.4, 0.5) is 0 Å². The van der Waals surface area contributed by atoms with E-state index in [1.807, 2.05) is 20.8 Å². The van der Waals surface area contributed by atoms with Gasteiger partial charge in [0.25, 0.3) is 0 Å². The van der Waals surface area contributed by atoms with Crippen LogP contribution in [-0.4, -0.2) is 11.8 Å². The Morgan fingerprint density at radius 2 is 1.86 bits per heavy atom. The molecule has 0 aromatic rings. The highest BCUT2D eigenvalue weighted by atomic mass is 16.2. The van der Waals surface area contributed by atoms with Gasteiger partial charge in [0.15, 0.2) is 0 Å². The van der Waals surface area contributed by atoms with Crippen LogP contribution >= 0.6 is 0 Å². The molecule has 0 aromatic heterocycles. The van der Waals surface area contributed by atoms with Crippen LogP contribution in [-0.2, 0) is 9.59 Å². The van der Waals surface area contributed by atoms with Crippen molar-refractivity contribution in [1.82, 2.24) is 10.9 Å². The maximum Gasteiger partial charge on any atom is 0.242 e. The van der Waals surface area contributed by atoms with Crippen molar-refractivity contribution >= 4 is 11.8 Å². The van der Waals surface area contributed by atoms with E-state index in [9.17, 15) is 9.59 Å². The number of hydrazine groups is 1. The Bertz CT molecular complexity index is 243. The van der Waals surface area contributed by atoms with Crippen LogP contribution in [0.1, 0.15) is 40.0 Å². The number of hydrogen-bond donors (Lipinski definition) is 2. The van der Waals surface area contributed by atoms with E-state index in [0.29, 0.717) is 6.42 Å². The van der Waals surface area contributed by atoms with Gasteiger partial charge in [-0.05, 0) is 18.3 Å². The van der Waals surface area contributed by atoms with Gasteiger partial charge in [0.2, 0.25) is 11.8 Å². The molecule has 0 aliphatic carbocycles. The fraction of sp³-hybridized carbons (Fsp3) is 0.800. The summed E-state index contributed by atoms with van der Waals surface area (Å²) in [6.07, 6.45) is 2.05. The lowest BCUT2D eigenvalue weighted by molar-refractivity contribution is -0.135. The summed E-state index contributed by atoms with van der Waals surface area (Å²) in [5.74, 6) is -0.209. The molecule has 1 rings (SSSR count). The summed E-state index contributed by atoms with van der Waals surface area (Å²) in [4.78, 5) is 22.6. The van der Waals surface area contributed by atoms with E-state index < -0.39 is 0 Å². The van der Waals surface area contributed by atoms with Gasteiger partial charge < -0.3 is 0 Å². The number of rotatable bonds is 0. The molecule has 80 valence electrons. The fourth-order valence-electron chi connectivity index (χ4n) is 1.71. The normalized spacial score (nSPS) is 24.6. The Kier molecular flexibility index (Phi) is 3.13. The highest BCUT2D eigenvalue weighted by Gasteiger charge is 2.32. The Labute approximate surface area is 84.4 Å². The Balaban J connectivity index is 2.68. The van der Waals surface area contributed by atoms with Gasteiger partial charge in [0.1, 0.15) is 0 Å². The van der Waals surface area contributed by atoms with E-state index in [4.69, 9.17) is 0 Å². The molecule has 2 N–H and O–H groups in total. The van der Waals surface area contributed by atoms with E-state index in [1.54, 1.807) is 0 Å². The molecule has 4 heteroatoms. The van der Waals surface area contributed by atoms with E-state index in [2.05, 4.69) is 10.9 Å². The van der Waals surface area contributed by atoms with Crippen LogP contribution in [0.2, 0.25) is 0 Å². The number of amides is 2. The first-order valence-corrected chi connectivity index (χ1v) is 5.00. The van der Waals surface area contributed by atoms with Crippen molar-refractivity contribution in [3.8, 4) is 0 Å². The molecule has 1 fully saturated rings. The minimum Gasteiger partial charge on any atom is -0.273 e. The standard InChI is InChI=1S/C10H18N2O2/c1-10(2,3)7-5-4-6-8(13)11-12-9(7)14/h7H,4-6H2,1-3H3,(H,11,13)(H,12,14). The predicted molar refractivity (Wildman–Crippen MR) is 53.1 cm³/mol. The lowest BCUT2D eigenvalue weighted by Gasteiger charge is -2.30. The Hall–Kier alpha value is -1.06. The minimum absolute atomic E-state index is 0.0249. The van der Waals surface area contributed by atoms with Crippen molar-refractivity contribution in [1.29, 1.82) is 0 Å². The highest BCUT2D eigenvalue weighted by molar-refractivity contribution is 5.84. The first kappa shape index (κ1) is 11.0. The fourth-order valence-corrected chi connectivity index (χ4v) is 1.71. The summed E-state index contributed by atoms with van der Waals surface area (Å²) in [5, 5.41) is 0. The third-order valence-electron chi connectivity index (χ3n) is 2.58. The third kappa shape index (κ3) is 2.72. The van der Waals surface area contributed by atoms with E-state index >= 15 is 0 Å². The summed E-state index contributed by atoms with van der Waals surface area (Å²) >= 11 is 0. The first-order valence-electron chi connectivity index (χ1n) is 5.00. The number of hydrogen-bond acceptors (Lipinski definition) is 2. The monoisotopic (exact) mass is 198 g/mol. The van der Waals surface area contributed by atoms with Crippen molar-refractivity contribution in [2.45, 2.75) is 40.0 Å². The molecule has 1 saturated heterocycles. The zero-order chi connectivity index (χ0) is 10.8. The molecule has 1 aliphatic heterocycles. The largest absolute Gasteiger partial charge is 0.273 e. The third-order valence-corrected chi connectivity index (χ3v) is 2.58. The average Bonchev–Trinajstić information content (AvgIpc) is 2.03. The molecule has 0 bridgehead atoms. The molecule has 4 nitrogen and oxygen atoms in total. The van der Waals surface area contributed by atoms with E-state index in [-0.39, 0.29) is 23.1 Å². The summed E-state index contributed by atoms with van der Waals surface area (Å²) in [6.45, 7) is 6.13. The Morgan fingerprint density at radius 1 is 1.21 bits per heavy atom. The number of nitrogens with one attached hydrogen (secondary N) is 2. The molecule has 2 amide bonds. The zero-order valence-corrected chi connectivity index (χ0v) is 9.02. The van der Waals surface area contributed by atoms with Crippen LogP contribution in [0.25, 0.3) is 0 Å². The molecule has 14 heavy (non-hydrogen) atoms. The maximum absolute atomic E-state index is 11.6. The van der Waals surface area contributed by atoms with Crippen molar-refractivity contribution in [3.05, 3.63) is 0 Å². The molecule has 0 radical (unpaired) electrons. The van der Waals surface area contributed by atoms with Crippen LogP contribution < -0.4 is 10.9 Å². The topological polar surface area (TPSA) is 58.2 Å². The van der Waals surface area contributed by atoms with Crippen molar-refractivity contribution in [2.24, 2.45) is 11.3 Å². The van der Waals surface area contributed by atoms with Crippen LogP contribution in [0, 0.1) is 11.3 Å². The number of carbonyl (C=O) groups is 2. The van der Waals surface area contributed by atoms with Gasteiger partial charge in [-0.15, -0.1) is 0 Å². The van der Waals surface area contributed by atoms with Crippen LogP contribution in [0.15, 0.2) is 0 Å². The van der Waals surface area contributed by atoms with Crippen molar-refractivity contribution < 1.29 is 9.59 Å². The van der Waals surface area contributed by atoms with Gasteiger partial charge in [-0.25, -0.2) is 0 Å². The van der Waals surface area contributed by atoms with Crippen LogP contribution in [0.3, 0.4) is 0 Å². The van der Waals surface area contributed by atoms with Gasteiger partial charge in [-0.3, -0.25) is 20.4 Å². The average molecular weight is 198 g/mol. The maximum atomic E-state index is 11.6. The molecule has 0 saturated carbocycles. The zero-order valence-electron chi connectivity index (χ0n) is 9.02. The van der Waals surface area contributed by atoms with Crippen LogP contribution in [0.5, 0.6) is 0 Å². The second-order valence-corrected chi connectivity index (χ2v) is 4.85. The van der Waals surface area contributed by atoms with E-state index in [0.717, 1.165) is 12.8 Å². The van der Waals surface area contributed by atoms with Crippen molar-refractivity contribution in [2.75, 3.05) is 0 Å². The first-order chi connectivity index (χ1) is 6.41. The lowest BCUT2D eigenvalue weighted by atomic mass is 9.77.